The van der Waals surface area contributed by atoms with Gasteiger partial charge in [0.1, 0.15) is 35.2 Å². The molecule has 246 valence electrons. The molecule has 1 aliphatic heterocycles. The minimum Gasteiger partial charge on any atom is -0.497 e. The van der Waals surface area contributed by atoms with Crippen molar-refractivity contribution in [1.82, 2.24) is 9.55 Å². The Balaban J connectivity index is 1.28. The summed E-state index contributed by atoms with van der Waals surface area (Å²) in [4.78, 5) is 30.0. The third-order valence-electron chi connectivity index (χ3n) is 8.55. The lowest BCUT2D eigenvalue weighted by Crippen LogP contribution is -2.38. The molecule has 0 spiro atoms. The Morgan fingerprint density at radius 1 is 0.875 bits per heavy atom. The molecule has 0 aliphatic carbocycles. The van der Waals surface area contributed by atoms with E-state index in [0.29, 0.717) is 22.6 Å². The van der Waals surface area contributed by atoms with Gasteiger partial charge in [0.25, 0.3) is 5.91 Å². The molecule has 1 aromatic heterocycles. The smallest absolute Gasteiger partial charge is 0.351 e. The first-order chi connectivity index (χ1) is 23.3. The van der Waals surface area contributed by atoms with Crippen LogP contribution in [0.1, 0.15) is 45.3 Å². The van der Waals surface area contributed by atoms with Crippen LogP contribution in [0.25, 0.3) is 0 Å². The zero-order valence-electron chi connectivity index (χ0n) is 26.9. The highest BCUT2D eigenvalue weighted by atomic mass is 16.6. The first-order valence-corrected chi connectivity index (χ1v) is 15.6. The lowest BCUT2D eigenvalue weighted by molar-refractivity contribution is -0.0944. The molecule has 1 saturated heterocycles. The number of nitrogens with zero attached hydrogens (tertiary/aromatic N) is 2. The second-order valence-electron chi connectivity index (χ2n) is 11.5. The Morgan fingerprint density at radius 3 is 1.98 bits per heavy atom. The number of aliphatic hydroxyl groups excluding tert-OH is 1. The summed E-state index contributed by atoms with van der Waals surface area (Å²) >= 11 is 0. The van der Waals surface area contributed by atoms with Crippen molar-refractivity contribution < 1.29 is 28.8 Å². The molecular weight excluding hydrogens is 610 g/mol. The molecule has 0 radical (unpaired) electrons. The van der Waals surface area contributed by atoms with Gasteiger partial charge in [-0.05, 0) is 60.0 Å². The van der Waals surface area contributed by atoms with Crippen LogP contribution in [0, 0.1) is 6.92 Å². The molecular formula is C38H37N3O7. The fourth-order valence-electron chi connectivity index (χ4n) is 5.99. The number of carbonyl (C=O) groups is 1. The van der Waals surface area contributed by atoms with Crippen LogP contribution in [-0.2, 0) is 15.1 Å². The number of aliphatic hydroxyl groups is 1. The van der Waals surface area contributed by atoms with Gasteiger partial charge in [0, 0.05) is 23.7 Å². The molecule has 6 rings (SSSR count). The summed E-state index contributed by atoms with van der Waals surface area (Å²) in [5, 5.41) is 13.9. The Bertz CT molecular complexity index is 1850. The maximum absolute atomic E-state index is 13.2. The molecule has 2 heterocycles. The number of aromatic nitrogens is 2. The Labute approximate surface area is 278 Å². The third kappa shape index (κ3) is 6.59. The fourth-order valence-corrected chi connectivity index (χ4v) is 5.99. The Hall–Kier alpha value is -5.29. The highest BCUT2D eigenvalue weighted by molar-refractivity contribution is 6.04. The molecule has 48 heavy (non-hydrogen) atoms. The number of amides is 1. The Kier molecular flexibility index (Phi) is 9.67. The van der Waals surface area contributed by atoms with Gasteiger partial charge in [-0.25, -0.2) is 4.79 Å². The van der Waals surface area contributed by atoms with E-state index >= 15 is 0 Å². The number of carbonyl (C=O) groups excluding carboxylic acids is 1. The van der Waals surface area contributed by atoms with E-state index in [4.69, 9.17) is 18.9 Å². The molecule has 1 amide bonds. The largest absolute Gasteiger partial charge is 0.497 e. The average molecular weight is 648 g/mol. The predicted molar refractivity (Wildman–Crippen MR) is 180 cm³/mol. The SMILES string of the molecule is COc1ccc(C(OC[C@H]2O[C@@H](n3cc(C)c(NC(=O)c4ccccc4)nc3=O)C[C@H]2O)(c2ccccc2)c2ccc(OC)cc2)cc1. The molecule has 3 atom stereocenters. The van der Waals surface area contributed by atoms with Crippen LogP contribution >= 0.6 is 0 Å². The molecule has 0 unspecified atom stereocenters. The van der Waals surface area contributed by atoms with Gasteiger partial charge < -0.3 is 29.4 Å². The Morgan fingerprint density at radius 2 is 1.42 bits per heavy atom. The van der Waals surface area contributed by atoms with E-state index in [1.165, 1.54) is 4.57 Å². The monoisotopic (exact) mass is 647 g/mol. The van der Waals surface area contributed by atoms with Crippen molar-refractivity contribution in [3.8, 4) is 11.5 Å². The molecule has 1 aliphatic rings. The summed E-state index contributed by atoms with van der Waals surface area (Å²) in [6, 6.07) is 33.9. The minimum atomic E-state index is -1.10. The van der Waals surface area contributed by atoms with Crippen LogP contribution in [0.4, 0.5) is 5.82 Å². The number of rotatable bonds is 11. The zero-order chi connectivity index (χ0) is 33.7. The molecule has 0 bridgehead atoms. The van der Waals surface area contributed by atoms with Crippen molar-refractivity contribution in [1.29, 1.82) is 0 Å². The van der Waals surface area contributed by atoms with Gasteiger partial charge in [-0.1, -0.05) is 72.8 Å². The van der Waals surface area contributed by atoms with E-state index in [-0.39, 0.29) is 24.8 Å². The van der Waals surface area contributed by atoms with Gasteiger partial charge in [0.05, 0.1) is 26.9 Å². The van der Waals surface area contributed by atoms with Gasteiger partial charge in [-0.15, -0.1) is 0 Å². The number of methoxy groups -OCH3 is 2. The van der Waals surface area contributed by atoms with E-state index in [2.05, 4.69) is 10.3 Å². The number of hydrogen-bond donors (Lipinski definition) is 2. The molecule has 10 heteroatoms. The maximum Gasteiger partial charge on any atom is 0.351 e. The van der Waals surface area contributed by atoms with Crippen molar-refractivity contribution in [3.05, 3.63) is 154 Å². The second kappa shape index (κ2) is 14.2. The van der Waals surface area contributed by atoms with Crippen molar-refractivity contribution in [2.75, 3.05) is 26.1 Å². The second-order valence-corrected chi connectivity index (χ2v) is 11.5. The number of hydrogen-bond acceptors (Lipinski definition) is 8. The molecule has 2 N–H and O–H groups in total. The van der Waals surface area contributed by atoms with Gasteiger partial charge in [-0.2, -0.15) is 4.98 Å². The first kappa shape index (κ1) is 32.6. The van der Waals surface area contributed by atoms with E-state index < -0.39 is 29.7 Å². The maximum atomic E-state index is 13.2. The van der Waals surface area contributed by atoms with Crippen molar-refractivity contribution in [2.45, 2.75) is 37.4 Å². The van der Waals surface area contributed by atoms with E-state index in [1.807, 2.05) is 84.9 Å². The standard InChI is InChI=1S/C38H37N3O7/c1-25-23-41(37(44)40-35(25)39-36(43)26-10-6-4-7-11-26)34-22-32(42)33(48-34)24-47-38(27-12-8-5-9-13-27,28-14-18-30(45-2)19-15-28)29-16-20-31(46-3)21-17-29/h4-21,23,32-34,42H,22,24H2,1-3H3,(H,39,40,43,44)/t32-,33-,34-/m1/s1. The van der Waals surface area contributed by atoms with E-state index in [1.54, 1.807) is 51.6 Å². The summed E-state index contributed by atoms with van der Waals surface area (Å²) in [5.74, 6) is 1.19. The van der Waals surface area contributed by atoms with Crippen molar-refractivity contribution in [3.63, 3.8) is 0 Å². The predicted octanol–water partition coefficient (Wildman–Crippen LogP) is 5.48. The highest BCUT2D eigenvalue weighted by Crippen LogP contribution is 2.42. The topological polar surface area (TPSA) is 121 Å². The summed E-state index contributed by atoms with van der Waals surface area (Å²) in [5.41, 5.74) is 1.85. The quantitative estimate of drug-likeness (QED) is 0.181. The number of nitrogens with one attached hydrogen (secondary N) is 1. The van der Waals surface area contributed by atoms with Crippen LogP contribution in [0.15, 0.2) is 120 Å². The van der Waals surface area contributed by atoms with Crippen LogP contribution in [0.2, 0.25) is 0 Å². The van der Waals surface area contributed by atoms with Crippen molar-refractivity contribution >= 4 is 11.7 Å². The molecule has 5 aromatic rings. The van der Waals surface area contributed by atoms with E-state index in [9.17, 15) is 14.7 Å². The number of benzene rings is 4. The summed E-state index contributed by atoms with van der Waals surface area (Å²) in [6.07, 6.45) is -0.758. The van der Waals surface area contributed by atoms with Crippen LogP contribution < -0.4 is 20.5 Å². The normalized spacial score (nSPS) is 17.5. The third-order valence-corrected chi connectivity index (χ3v) is 8.55. The summed E-state index contributed by atoms with van der Waals surface area (Å²) < 4.78 is 25.4. The van der Waals surface area contributed by atoms with Gasteiger partial charge in [0.15, 0.2) is 0 Å². The highest BCUT2D eigenvalue weighted by Gasteiger charge is 2.42. The van der Waals surface area contributed by atoms with Crippen molar-refractivity contribution in [2.24, 2.45) is 0 Å². The van der Waals surface area contributed by atoms with Crippen LogP contribution in [0.5, 0.6) is 11.5 Å². The van der Waals surface area contributed by atoms with Gasteiger partial charge >= 0.3 is 5.69 Å². The number of ether oxygens (including phenoxy) is 4. The molecule has 1 fully saturated rings. The number of aryl methyl sites for hydroxylation is 1. The summed E-state index contributed by atoms with van der Waals surface area (Å²) in [7, 11) is 3.23. The van der Waals surface area contributed by atoms with Crippen LogP contribution in [0.3, 0.4) is 0 Å². The molecule has 4 aromatic carbocycles. The fraction of sp³-hybridized carbons (Fsp3) is 0.237. The van der Waals surface area contributed by atoms with Gasteiger partial charge in [0.2, 0.25) is 0 Å². The first-order valence-electron chi connectivity index (χ1n) is 15.6. The van der Waals surface area contributed by atoms with Gasteiger partial charge in [-0.3, -0.25) is 9.36 Å². The van der Waals surface area contributed by atoms with Crippen LogP contribution in [-0.4, -0.2) is 53.6 Å². The number of anilines is 1. The average Bonchev–Trinajstić information content (AvgIpc) is 3.50. The lowest BCUT2D eigenvalue weighted by atomic mass is 9.80. The molecule has 10 nitrogen and oxygen atoms in total. The minimum absolute atomic E-state index is 0.00298. The summed E-state index contributed by atoms with van der Waals surface area (Å²) in [6.45, 7) is 1.74. The zero-order valence-corrected chi connectivity index (χ0v) is 26.9. The lowest BCUT2D eigenvalue weighted by Gasteiger charge is -2.37. The molecule has 0 saturated carbocycles. The van der Waals surface area contributed by atoms with E-state index in [0.717, 1.165) is 16.7 Å².